The Morgan fingerprint density at radius 3 is 2.19 bits per heavy atom. The Morgan fingerprint density at radius 2 is 1.75 bits per heavy atom. The van der Waals surface area contributed by atoms with Gasteiger partial charge in [-0.05, 0) is 12.1 Å². The summed E-state index contributed by atoms with van der Waals surface area (Å²) in [6.45, 7) is 8.43. The van der Waals surface area contributed by atoms with Gasteiger partial charge in [-0.3, -0.25) is 0 Å². The minimum atomic E-state index is -1.30. The van der Waals surface area contributed by atoms with Gasteiger partial charge in [0.1, 0.15) is 6.11 Å². The van der Waals surface area contributed by atoms with Crippen LogP contribution in [0, 0.1) is 12.0 Å². The van der Waals surface area contributed by atoms with Crippen LogP contribution in [-0.4, -0.2) is 14.0 Å². The fraction of sp³-hybridized carbons (Fsp3) is 0.308. The van der Waals surface area contributed by atoms with Crippen molar-refractivity contribution in [3.63, 3.8) is 0 Å². The molecule has 0 N–H and O–H groups in total. The van der Waals surface area contributed by atoms with Gasteiger partial charge in [-0.1, -0.05) is 42.9 Å². The topological polar surface area (TPSA) is 26.3 Å². The Balaban J connectivity index is 2.86. The highest BCUT2D eigenvalue weighted by Crippen LogP contribution is 2.05. The minimum absolute atomic E-state index is 0.392. The fourth-order valence-electron chi connectivity index (χ4n) is 1.26. The van der Waals surface area contributed by atoms with E-state index in [1.54, 1.807) is 19.1 Å². The van der Waals surface area contributed by atoms with Crippen LogP contribution in [0.5, 0.6) is 0 Å². The van der Waals surface area contributed by atoms with Crippen LogP contribution in [0.1, 0.15) is 17.3 Å². The van der Waals surface area contributed by atoms with Crippen molar-refractivity contribution in [1.29, 1.82) is 0 Å². The van der Waals surface area contributed by atoms with E-state index in [2.05, 4.69) is 31.7 Å². The summed E-state index contributed by atoms with van der Waals surface area (Å²) in [7, 11) is -1.30. The third kappa shape index (κ3) is 3.25. The van der Waals surface area contributed by atoms with Crippen LogP contribution in [0.15, 0.2) is 24.3 Å². The van der Waals surface area contributed by atoms with Crippen molar-refractivity contribution in [2.24, 2.45) is 0 Å². The maximum atomic E-state index is 11.5. The zero-order chi connectivity index (χ0) is 12.2. The molecule has 0 heterocycles. The fourth-order valence-corrected chi connectivity index (χ4v) is 2.43. The summed E-state index contributed by atoms with van der Waals surface area (Å²) < 4.78 is 4.71. The van der Waals surface area contributed by atoms with Crippen LogP contribution >= 0.6 is 0 Å². The smallest absolute Gasteiger partial charge is 0.352 e. The number of hydrogen-bond acceptors (Lipinski definition) is 2. The maximum Gasteiger partial charge on any atom is 0.352 e. The van der Waals surface area contributed by atoms with Crippen LogP contribution in [-0.2, 0) is 4.74 Å². The van der Waals surface area contributed by atoms with E-state index >= 15 is 0 Å². The van der Waals surface area contributed by atoms with Crippen LogP contribution in [0.3, 0.4) is 0 Å². The molecular weight excluding hydrogens is 216 g/mol. The highest BCUT2D eigenvalue weighted by molar-refractivity contribution is 6.88. The first-order valence-electron chi connectivity index (χ1n) is 5.18. The van der Waals surface area contributed by atoms with Crippen molar-refractivity contribution in [3.05, 3.63) is 29.8 Å². The van der Waals surface area contributed by atoms with Gasteiger partial charge in [-0.15, -0.1) is 0 Å². The summed E-state index contributed by atoms with van der Waals surface area (Å²) in [5.74, 6) is 2.13. The summed E-state index contributed by atoms with van der Waals surface area (Å²) in [6, 6.07) is 7.60. The molecule has 1 rings (SSSR count). The second-order valence-electron chi connectivity index (χ2n) is 4.57. The average Bonchev–Trinajstić information content (AvgIpc) is 2.25. The monoisotopic (exact) mass is 232 g/mol. The molecule has 0 unspecified atom stereocenters. The van der Waals surface area contributed by atoms with Crippen molar-refractivity contribution in [3.8, 4) is 12.0 Å². The quantitative estimate of drug-likeness (QED) is 0.444. The normalized spacial score (nSPS) is 10.2. The molecule has 0 spiro atoms. The van der Waals surface area contributed by atoms with Gasteiger partial charge in [0.15, 0.2) is 0 Å². The summed E-state index contributed by atoms with van der Waals surface area (Å²) in [4.78, 5) is 11.5. The van der Waals surface area contributed by atoms with E-state index in [4.69, 9.17) is 4.74 Å². The number of carbonyl (C=O) groups excluding carboxylic acids is 1. The maximum absolute atomic E-state index is 11.5. The molecule has 0 bridgehead atoms. The molecule has 0 fully saturated rings. The van der Waals surface area contributed by atoms with Gasteiger partial charge in [0.25, 0.3) is 0 Å². The zero-order valence-electron chi connectivity index (χ0n) is 10.1. The lowest BCUT2D eigenvalue weighted by molar-refractivity contribution is 0.0690. The molecule has 0 saturated heterocycles. The molecule has 2 nitrogen and oxygen atoms in total. The molecule has 0 aromatic heterocycles. The van der Waals surface area contributed by atoms with Crippen LogP contribution in [0.4, 0.5) is 0 Å². The SMILES string of the molecule is CC#COC(=O)c1ccc([Si](C)(C)C)cc1. The van der Waals surface area contributed by atoms with E-state index < -0.39 is 14.0 Å². The van der Waals surface area contributed by atoms with E-state index in [1.165, 1.54) is 5.19 Å². The lowest BCUT2D eigenvalue weighted by Crippen LogP contribution is -2.37. The lowest BCUT2D eigenvalue weighted by Gasteiger charge is -2.16. The first-order valence-corrected chi connectivity index (χ1v) is 8.68. The molecule has 0 atom stereocenters. The van der Waals surface area contributed by atoms with Crippen molar-refractivity contribution in [2.75, 3.05) is 0 Å². The van der Waals surface area contributed by atoms with Crippen molar-refractivity contribution in [2.45, 2.75) is 26.6 Å². The predicted octanol–water partition coefficient (Wildman–Crippen LogP) is 2.37. The van der Waals surface area contributed by atoms with Gasteiger partial charge in [0.2, 0.25) is 0 Å². The number of hydrogen-bond donors (Lipinski definition) is 0. The van der Waals surface area contributed by atoms with E-state index in [1.807, 2.05) is 12.1 Å². The van der Waals surface area contributed by atoms with Gasteiger partial charge in [0, 0.05) is 6.92 Å². The molecular formula is C13H16O2Si. The van der Waals surface area contributed by atoms with E-state index in [9.17, 15) is 4.79 Å². The van der Waals surface area contributed by atoms with E-state index in [0.717, 1.165) is 0 Å². The summed E-state index contributed by atoms with van der Waals surface area (Å²) in [6.07, 6.45) is 2.30. The van der Waals surface area contributed by atoms with Crippen LogP contribution < -0.4 is 5.19 Å². The third-order valence-corrected chi connectivity index (χ3v) is 4.30. The number of ether oxygens (including phenoxy) is 1. The van der Waals surface area contributed by atoms with E-state index in [0.29, 0.717) is 5.56 Å². The summed E-state index contributed by atoms with van der Waals surface area (Å²) in [5, 5.41) is 1.32. The Kier molecular flexibility index (Phi) is 3.91. The van der Waals surface area contributed by atoms with Crippen molar-refractivity contribution < 1.29 is 9.53 Å². The van der Waals surface area contributed by atoms with Gasteiger partial charge >= 0.3 is 5.97 Å². The zero-order valence-corrected chi connectivity index (χ0v) is 11.1. The minimum Gasteiger partial charge on any atom is -0.369 e. The van der Waals surface area contributed by atoms with Gasteiger partial charge in [-0.2, -0.15) is 0 Å². The molecule has 0 aliphatic heterocycles. The molecule has 0 aliphatic rings. The van der Waals surface area contributed by atoms with Gasteiger partial charge in [-0.25, -0.2) is 4.79 Å². The average molecular weight is 232 g/mol. The summed E-state index contributed by atoms with van der Waals surface area (Å²) in [5.41, 5.74) is 0.546. The van der Waals surface area contributed by atoms with Crippen molar-refractivity contribution >= 4 is 19.2 Å². The third-order valence-electron chi connectivity index (χ3n) is 2.23. The standard InChI is InChI=1S/C13H16O2Si/c1-5-10-15-13(14)11-6-8-12(9-7-11)16(2,3)4/h6-9H,1-4H3. The molecule has 0 radical (unpaired) electrons. The highest BCUT2D eigenvalue weighted by atomic mass is 28.3. The Bertz CT molecular complexity index is 430. The largest absolute Gasteiger partial charge is 0.369 e. The molecule has 3 heteroatoms. The summed E-state index contributed by atoms with van der Waals surface area (Å²) >= 11 is 0. The number of benzene rings is 1. The van der Waals surface area contributed by atoms with Crippen LogP contribution in [0.25, 0.3) is 0 Å². The highest BCUT2D eigenvalue weighted by Gasteiger charge is 2.16. The Morgan fingerprint density at radius 1 is 1.19 bits per heavy atom. The molecule has 0 amide bonds. The Labute approximate surface area is 97.6 Å². The molecule has 0 saturated carbocycles. The van der Waals surface area contributed by atoms with E-state index in [-0.39, 0.29) is 0 Å². The molecule has 84 valence electrons. The second kappa shape index (κ2) is 5.00. The molecule has 1 aromatic carbocycles. The molecule has 16 heavy (non-hydrogen) atoms. The molecule has 1 aromatic rings. The second-order valence-corrected chi connectivity index (χ2v) is 9.65. The van der Waals surface area contributed by atoms with Crippen LogP contribution in [0.2, 0.25) is 19.6 Å². The first-order chi connectivity index (χ1) is 7.45. The molecule has 0 aliphatic carbocycles. The van der Waals surface area contributed by atoms with Gasteiger partial charge in [0.05, 0.1) is 13.6 Å². The predicted molar refractivity (Wildman–Crippen MR) is 68.3 cm³/mol. The lowest BCUT2D eigenvalue weighted by atomic mass is 10.2. The van der Waals surface area contributed by atoms with Crippen molar-refractivity contribution in [1.82, 2.24) is 0 Å². The number of carbonyl (C=O) groups is 1. The number of rotatable bonds is 2. The first kappa shape index (κ1) is 12.5. The Hall–Kier alpha value is -1.53. The number of esters is 1. The van der Waals surface area contributed by atoms with Gasteiger partial charge < -0.3 is 4.74 Å².